The summed E-state index contributed by atoms with van der Waals surface area (Å²) < 4.78 is 8.92. The van der Waals surface area contributed by atoms with E-state index in [9.17, 15) is 19.2 Å². The highest BCUT2D eigenvalue weighted by Gasteiger charge is 2.22. The van der Waals surface area contributed by atoms with E-state index >= 15 is 0 Å². The summed E-state index contributed by atoms with van der Waals surface area (Å²) in [5.41, 5.74) is -0.0710. The Morgan fingerprint density at radius 1 is 1.12 bits per heavy atom. The molecule has 3 amide bonds. The molecular formula is C23H28N6O5. The Kier molecular flexibility index (Phi) is 7.21. The Balaban J connectivity index is 1.67. The third-order valence-corrected chi connectivity index (χ3v) is 5.95. The standard InChI is InChI=1S/C23H28N6O5/c1-34-12-11-27-15-24-20-19(27)21(31)29(23(33)28(20)13-16-7-3-2-4-8-16)14-18(30)26-22(32)25-17-9-5-6-10-17/h2-4,7-8,15,17H,5-6,9-14H2,1H3,(H2,25,26,30,32). The molecule has 0 radical (unpaired) electrons. The van der Waals surface area contributed by atoms with Crippen LogP contribution in [0.5, 0.6) is 0 Å². The number of imidazole rings is 1. The third kappa shape index (κ3) is 5.09. The molecule has 1 saturated carbocycles. The molecule has 0 bridgehead atoms. The van der Waals surface area contributed by atoms with E-state index in [1.54, 1.807) is 11.7 Å². The first kappa shape index (κ1) is 23.4. The molecule has 0 atom stereocenters. The van der Waals surface area contributed by atoms with Gasteiger partial charge < -0.3 is 14.6 Å². The van der Waals surface area contributed by atoms with Gasteiger partial charge in [0, 0.05) is 19.7 Å². The van der Waals surface area contributed by atoms with E-state index in [0.29, 0.717) is 13.2 Å². The number of amides is 3. The maximum absolute atomic E-state index is 13.3. The minimum atomic E-state index is -0.747. The highest BCUT2D eigenvalue weighted by atomic mass is 16.5. The number of hydrogen-bond donors (Lipinski definition) is 2. The van der Waals surface area contributed by atoms with E-state index in [1.807, 2.05) is 30.3 Å². The Hall–Kier alpha value is -3.73. The minimum Gasteiger partial charge on any atom is -0.383 e. The van der Waals surface area contributed by atoms with Crippen LogP contribution in [0.3, 0.4) is 0 Å². The minimum absolute atomic E-state index is 0.0325. The predicted octanol–water partition coefficient (Wildman–Crippen LogP) is 0.823. The van der Waals surface area contributed by atoms with Gasteiger partial charge in [-0.05, 0) is 18.4 Å². The molecule has 1 aliphatic rings. The van der Waals surface area contributed by atoms with Crippen LogP contribution in [0.4, 0.5) is 4.79 Å². The molecule has 1 fully saturated rings. The molecule has 11 nitrogen and oxygen atoms in total. The zero-order chi connectivity index (χ0) is 24.1. The van der Waals surface area contributed by atoms with Crippen LogP contribution in [0.2, 0.25) is 0 Å². The van der Waals surface area contributed by atoms with Gasteiger partial charge in [0.1, 0.15) is 6.54 Å². The van der Waals surface area contributed by atoms with Crippen molar-refractivity contribution in [1.29, 1.82) is 0 Å². The molecule has 0 unspecified atom stereocenters. The number of hydrogen-bond acceptors (Lipinski definition) is 6. The molecule has 0 spiro atoms. The number of aromatic nitrogens is 4. The van der Waals surface area contributed by atoms with Gasteiger partial charge in [-0.3, -0.25) is 19.5 Å². The first-order valence-electron chi connectivity index (χ1n) is 11.3. The van der Waals surface area contributed by atoms with Gasteiger partial charge in [0.25, 0.3) is 5.56 Å². The van der Waals surface area contributed by atoms with Crippen molar-refractivity contribution in [2.24, 2.45) is 0 Å². The lowest BCUT2D eigenvalue weighted by Crippen LogP contribution is -2.48. The summed E-state index contributed by atoms with van der Waals surface area (Å²) >= 11 is 0. The average molecular weight is 469 g/mol. The van der Waals surface area contributed by atoms with Gasteiger partial charge in [-0.2, -0.15) is 0 Å². The molecule has 1 aliphatic carbocycles. The largest absolute Gasteiger partial charge is 0.383 e. The number of carbonyl (C=O) groups is 2. The van der Waals surface area contributed by atoms with Crippen LogP contribution in [0.25, 0.3) is 11.2 Å². The van der Waals surface area contributed by atoms with Crippen LogP contribution < -0.4 is 21.9 Å². The Bertz CT molecular complexity index is 1290. The van der Waals surface area contributed by atoms with Crippen LogP contribution >= 0.6 is 0 Å². The van der Waals surface area contributed by atoms with E-state index in [1.165, 1.54) is 10.9 Å². The third-order valence-electron chi connectivity index (χ3n) is 5.95. The molecule has 2 N–H and O–H groups in total. The maximum Gasteiger partial charge on any atom is 0.333 e. The van der Waals surface area contributed by atoms with Gasteiger partial charge in [0.05, 0.1) is 19.5 Å². The summed E-state index contributed by atoms with van der Waals surface area (Å²) in [5.74, 6) is -0.747. The molecule has 0 aliphatic heterocycles. The van der Waals surface area contributed by atoms with Crippen molar-refractivity contribution in [3.63, 3.8) is 0 Å². The molecule has 34 heavy (non-hydrogen) atoms. The fraction of sp³-hybridized carbons (Fsp3) is 0.435. The monoisotopic (exact) mass is 468 g/mol. The van der Waals surface area contributed by atoms with Gasteiger partial charge in [-0.25, -0.2) is 19.1 Å². The maximum atomic E-state index is 13.3. The number of carbonyl (C=O) groups excluding carboxylic acids is 2. The van der Waals surface area contributed by atoms with E-state index in [0.717, 1.165) is 35.8 Å². The average Bonchev–Trinajstić information content (AvgIpc) is 3.48. The first-order valence-corrected chi connectivity index (χ1v) is 11.3. The first-order chi connectivity index (χ1) is 16.5. The summed E-state index contributed by atoms with van der Waals surface area (Å²) in [6.45, 7) is 0.268. The highest BCUT2D eigenvalue weighted by molar-refractivity contribution is 5.94. The second kappa shape index (κ2) is 10.5. The molecule has 1 aromatic carbocycles. The topological polar surface area (TPSA) is 129 Å². The van der Waals surface area contributed by atoms with Crippen molar-refractivity contribution in [2.45, 2.75) is 51.4 Å². The summed E-state index contributed by atoms with van der Waals surface area (Å²) in [7, 11) is 1.55. The molecule has 2 aromatic heterocycles. The molecule has 3 aromatic rings. The van der Waals surface area contributed by atoms with E-state index in [2.05, 4.69) is 15.6 Å². The Labute approximate surface area is 195 Å². The number of rotatable bonds is 8. The molecular weight excluding hydrogens is 440 g/mol. The fourth-order valence-electron chi connectivity index (χ4n) is 4.25. The number of ether oxygens (including phenoxy) is 1. The molecule has 0 saturated heterocycles. The number of urea groups is 1. The molecule has 11 heteroatoms. The van der Waals surface area contributed by atoms with Crippen molar-refractivity contribution < 1.29 is 14.3 Å². The molecule has 4 rings (SSSR count). The lowest BCUT2D eigenvalue weighted by molar-refractivity contribution is -0.120. The molecule has 180 valence electrons. The van der Waals surface area contributed by atoms with Crippen molar-refractivity contribution in [1.82, 2.24) is 29.3 Å². The summed E-state index contributed by atoms with van der Waals surface area (Å²) in [6.07, 6.45) is 5.28. The summed E-state index contributed by atoms with van der Waals surface area (Å²) in [5, 5.41) is 4.99. The fourth-order valence-corrected chi connectivity index (χ4v) is 4.25. The normalized spacial score (nSPS) is 13.9. The quantitative estimate of drug-likeness (QED) is 0.504. The number of benzene rings is 1. The zero-order valence-corrected chi connectivity index (χ0v) is 19.0. The lowest BCUT2D eigenvalue weighted by atomic mass is 10.2. The number of nitrogens with zero attached hydrogens (tertiary/aromatic N) is 4. The van der Waals surface area contributed by atoms with Crippen molar-refractivity contribution in [3.8, 4) is 0 Å². The second-order valence-electron chi connectivity index (χ2n) is 8.35. The number of nitrogens with one attached hydrogen (secondary N) is 2. The Morgan fingerprint density at radius 2 is 1.85 bits per heavy atom. The predicted molar refractivity (Wildman–Crippen MR) is 125 cm³/mol. The van der Waals surface area contributed by atoms with Crippen molar-refractivity contribution >= 4 is 23.1 Å². The van der Waals surface area contributed by atoms with Gasteiger partial charge in [0.15, 0.2) is 11.2 Å². The Morgan fingerprint density at radius 3 is 2.56 bits per heavy atom. The van der Waals surface area contributed by atoms with Gasteiger partial charge in [-0.15, -0.1) is 0 Å². The van der Waals surface area contributed by atoms with Gasteiger partial charge in [0.2, 0.25) is 5.91 Å². The number of imide groups is 1. The van der Waals surface area contributed by atoms with Crippen LogP contribution in [-0.4, -0.2) is 50.4 Å². The number of methoxy groups -OCH3 is 1. The summed E-state index contributed by atoms with van der Waals surface area (Å²) in [4.78, 5) is 55.6. The van der Waals surface area contributed by atoms with Crippen molar-refractivity contribution in [3.05, 3.63) is 63.1 Å². The van der Waals surface area contributed by atoms with Crippen LogP contribution in [0, 0.1) is 0 Å². The molecule has 2 heterocycles. The van der Waals surface area contributed by atoms with E-state index < -0.39 is 29.7 Å². The van der Waals surface area contributed by atoms with Crippen LogP contribution in [0.15, 0.2) is 46.2 Å². The number of fused-ring (bicyclic) bond motifs is 1. The van der Waals surface area contributed by atoms with E-state index in [4.69, 9.17) is 4.74 Å². The second-order valence-corrected chi connectivity index (χ2v) is 8.35. The van der Waals surface area contributed by atoms with E-state index in [-0.39, 0.29) is 23.8 Å². The van der Waals surface area contributed by atoms with Crippen LogP contribution in [-0.2, 0) is 29.2 Å². The van der Waals surface area contributed by atoms with Gasteiger partial charge >= 0.3 is 11.7 Å². The lowest BCUT2D eigenvalue weighted by Gasteiger charge is -2.14. The highest BCUT2D eigenvalue weighted by Crippen LogP contribution is 2.17. The van der Waals surface area contributed by atoms with Crippen molar-refractivity contribution in [2.75, 3.05) is 13.7 Å². The SMILES string of the molecule is COCCn1cnc2c1c(=O)n(CC(=O)NC(=O)NC1CCCC1)c(=O)n2Cc1ccccc1. The zero-order valence-electron chi connectivity index (χ0n) is 19.0. The smallest absolute Gasteiger partial charge is 0.333 e. The van der Waals surface area contributed by atoms with Crippen LogP contribution in [0.1, 0.15) is 31.2 Å². The van der Waals surface area contributed by atoms with Gasteiger partial charge in [-0.1, -0.05) is 43.2 Å². The summed E-state index contributed by atoms with van der Waals surface area (Å²) in [6, 6.07) is 8.68.